The number of amides is 2. The van der Waals surface area contributed by atoms with Crippen LogP contribution in [0.1, 0.15) is 18.4 Å². The standard InChI is InChI=1S/C29H28ClN5O8S/c30-23-8-7-22(15-24(23)35(38)39)44(40,41)33-12-10-29(11-13-33)28(37)32(18-34(29)21-4-2-1-3-5-21)17-27(36)31-16-20-6-9-25-26(14-20)43-19-42-25/h1-9,14-15H,10-13,16-19H2,(H,31,36). The van der Waals surface area contributed by atoms with Crippen molar-refractivity contribution in [3.05, 3.63) is 87.4 Å². The van der Waals surface area contributed by atoms with Crippen LogP contribution in [0.25, 0.3) is 0 Å². The van der Waals surface area contributed by atoms with E-state index in [9.17, 15) is 28.1 Å². The summed E-state index contributed by atoms with van der Waals surface area (Å²) in [5.41, 5.74) is 0.0118. The first-order chi connectivity index (χ1) is 21.1. The zero-order chi connectivity index (χ0) is 31.1. The zero-order valence-corrected chi connectivity index (χ0v) is 24.9. The topological polar surface area (TPSA) is 152 Å². The Morgan fingerprint density at radius 3 is 2.48 bits per heavy atom. The van der Waals surface area contributed by atoms with Gasteiger partial charge < -0.3 is 24.6 Å². The molecule has 3 aromatic carbocycles. The maximum Gasteiger partial charge on any atom is 0.289 e. The van der Waals surface area contributed by atoms with Gasteiger partial charge in [0.1, 0.15) is 17.1 Å². The van der Waals surface area contributed by atoms with E-state index in [2.05, 4.69) is 5.32 Å². The number of anilines is 1. The first-order valence-corrected chi connectivity index (χ1v) is 15.6. The Morgan fingerprint density at radius 2 is 1.75 bits per heavy atom. The summed E-state index contributed by atoms with van der Waals surface area (Å²) in [7, 11) is -4.10. The fourth-order valence-corrected chi connectivity index (χ4v) is 7.49. The molecule has 230 valence electrons. The lowest BCUT2D eigenvalue weighted by molar-refractivity contribution is -0.384. The van der Waals surface area contributed by atoms with Crippen molar-refractivity contribution in [1.29, 1.82) is 0 Å². The Bertz CT molecular complexity index is 1730. The molecule has 13 nitrogen and oxygen atoms in total. The van der Waals surface area contributed by atoms with Crippen molar-refractivity contribution in [2.45, 2.75) is 29.8 Å². The number of piperidine rings is 1. The minimum atomic E-state index is -4.10. The van der Waals surface area contributed by atoms with Crippen molar-refractivity contribution in [2.75, 3.05) is 38.0 Å². The van der Waals surface area contributed by atoms with Crippen LogP contribution in [0.3, 0.4) is 0 Å². The lowest BCUT2D eigenvalue weighted by atomic mass is 9.86. The van der Waals surface area contributed by atoms with Crippen LogP contribution in [0.5, 0.6) is 11.5 Å². The average molecular weight is 642 g/mol. The molecule has 3 aromatic rings. The maximum atomic E-state index is 14.0. The predicted octanol–water partition coefficient (Wildman–Crippen LogP) is 3.12. The molecule has 0 aliphatic carbocycles. The van der Waals surface area contributed by atoms with Crippen LogP contribution in [-0.2, 0) is 26.2 Å². The van der Waals surface area contributed by atoms with Gasteiger partial charge in [-0.25, -0.2) is 8.42 Å². The Labute approximate surface area is 258 Å². The highest BCUT2D eigenvalue weighted by Crippen LogP contribution is 2.41. The van der Waals surface area contributed by atoms with Crippen LogP contribution in [0, 0.1) is 10.1 Å². The summed E-state index contributed by atoms with van der Waals surface area (Å²) in [4.78, 5) is 40.8. The molecule has 1 N–H and O–H groups in total. The van der Waals surface area contributed by atoms with Crippen molar-refractivity contribution < 1.29 is 32.4 Å². The molecule has 6 rings (SSSR count). The molecule has 0 radical (unpaired) electrons. The molecule has 1 spiro atoms. The molecule has 15 heteroatoms. The number of hydrogen-bond donors (Lipinski definition) is 1. The third-order valence-corrected chi connectivity index (χ3v) is 10.4. The van der Waals surface area contributed by atoms with Gasteiger partial charge in [-0.05, 0) is 54.8 Å². The van der Waals surface area contributed by atoms with Crippen molar-refractivity contribution >= 4 is 44.8 Å². The van der Waals surface area contributed by atoms with Crippen LogP contribution < -0.4 is 19.7 Å². The molecule has 44 heavy (non-hydrogen) atoms. The molecule has 0 saturated carbocycles. The number of fused-ring (bicyclic) bond motifs is 1. The second-order valence-corrected chi connectivity index (χ2v) is 13.0. The number of rotatable bonds is 8. The number of sulfonamides is 1. The minimum absolute atomic E-state index is 0.00200. The van der Waals surface area contributed by atoms with Gasteiger partial charge in [-0.3, -0.25) is 19.7 Å². The van der Waals surface area contributed by atoms with E-state index in [1.807, 2.05) is 41.3 Å². The normalized spacial score (nSPS) is 17.7. The molecule has 2 saturated heterocycles. The van der Waals surface area contributed by atoms with Gasteiger partial charge in [-0.15, -0.1) is 0 Å². The number of carbonyl (C=O) groups excluding carboxylic acids is 2. The molecule has 3 heterocycles. The van der Waals surface area contributed by atoms with Gasteiger partial charge in [0, 0.05) is 31.4 Å². The van der Waals surface area contributed by atoms with Gasteiger partial charge in [-0.2, -0.15) is 4.31 Å². The predicted molar refractivity (Wildman–Crippen MR) is 159 cm³/mol. The fraction of sp³-hybridized carbons (Fsp3) is 0.310. The highest BCUT2D eigenvalue weighted by atomic mass is 35.5. The summed E-state index contributed by atoms with van der Waals surface area (Å²) in [6.45, 7) is 0.354. The van der Waals surface area contributed by atoms with Crippen LogP contribution in [0.4, 0.5) is 11.4 Å². The molecular formula is C29H28ClN5O8S. The number of carbonyl (C=O) groups is 2. The maximum absolute atomic E-state index is 14.0. The SMILES string of the molecule is O=C(CN1CN(c2ccccc2)C2(CCN(S(=O)(=O)c3ccc(Cl)c([N+](=O)[O-])c3)CC2)C1=O)NCc1ccc2c(c1)OCO2. The molecule has 2 fully saturated rings. The summed E-state index contributed by atoms with van der Waals surface area (Å²) >= 11 is 5.88. The van der Waals surface area contributed by atoms with E-state index in [-0.39, 0.29) is 74.2 Å². The minimum Gasteiger partial charge on any atom is -0.454 e. The summed E-state index contributed by atoms with van der Waals surface area (Å²) in [5.74, 6) is 0.640. The Balaban J connectivity index is 1.18. The van der Waals surface area contributed by atoms with Crippen LogP contribution in [-0.4, -0.2) is 73.0 Å². The number of benzene rings is 3. The molecule has 3 aliphatic heterocycles. The van der Waals surface area contributed by atoms with E-state index >= 15 is 0 Å². The Morgan fingerprint density at radius 1 is 1.02 bits per heavy atom. The second kappa shape index (κ2) is 11.6. The largest absolute Gasteiger partial charge is 0.454 e. The van der Waals surface area contributed by atoms with Gasteiger partial charge in [0.25, 0.3) is 5.69 Å². The number of nitro groups is 1. The van der Waals surface area contributed by atoms with Crippen molar-refractivity contribution in [3.8, 4) is 11.5 Å². The van der Waals surface area contributed by atoms with E-state index in [1.54, 1.807) is 12.1 Å². The molecular weight excluding hydrogens is 614 g/mol. The average Bonchev–Trinajstić information content (AvgIpc) is 3.59. The van der Waals surface area contributed by atoms with E-state index in [0.29, 0.717) is 11.5 Å². The van der Waals surface area contributed by atoms with Crippen molar-refractivity contribution in [1.82, 2.24) is 14.5 Å². The Kier molecular flexibility index (Phi) is 7.82. The Hall–Kier alpha value is -4.40. The number of nitrogens with zero attached hydrogens (tertiary/aromatic N) is 4. The smallest absolute Gasteiger partial charge is 0.289 e. The lowest BCUT2D eigenvalue weighted by Gasteiger charge is -2.42. The molecule has 2 amide bonds. The number of hydrogen-bond acceptors (Lipinski definition) is 9. The lowest BCUT2D eigenvalue weighted by Crippen LogP contribution is -2.57. The molecule has 0 unspecified atom stereocenters. The van der Waals surface area contributed by atoms with Crippen LogP contribution in [0.15, 0.2) is 71.6 Å². The number of nitro benzene ring substituents is 1. The zero-order valence-electron chi connectivity index (χ0n) is 23.3. The van der Waals surface area contributed by atoms with E-state index in [1.165, 1.54) is 21.3 Å². The summed E-state index contributed by atoms with van der Waals surface area (Å²) < 4.78 is 38.8. The third kappa shape index (κ3) is 5.40. The monoisotopic (exact) mass is 641 g/mol. The number of ether oxygens (including phenoxy) is 2. The molecule has 3 aliphatic rings. The molecule has 0 bridgehead atoms. The fourth-order valence-electron chi connectivity index (χ4n) is 5.84. The van der Waals surface area contributed by atoms with Gasteiger partial charge in [0.2, 0.25) is 28.6 Å². The van der Waals surface area contributed by atoms with E-state index in [4.69, 9.17) is 21.1 Å². The first kappa shape index (κ1) is 29.7. The number of halogens is 1. The van der Waals surface area contributed by atoms with Crippen LogP contribution >= 0.6 is 11.6 Å². The van der Waals surface area contributed by atoms with E-state index in [0.717, 1.165) is 17.3 Å². The van der Waals surface area contributed by atoms with E-state index < -0.39 is 26.2 Å². The van der Waals surface area contributed by atoms with Crippen molar-refractivity contribution in [2.24, 2.45) is 0 Å². The third-order valence-electron chi connectivity index (χ3n) is 8.14. The van der Waals surface area contributed by atoms with Crippen molar-refractivity contribution in [3.63, 3.8) is 0 Å². The second-order valence-electron chi connectivity index (χ2n) is 10.7. The first-order valence-electron chi connectivity index (χ1n) is 13.8. The highest BCUT2D eigenvalue weighted by Gasteiger charge is 2.55. The number of para-hydroxylation sites is 1. The quantitative estimate of drug-likeness (QED) is 0.289. The van der Waals surface area contributed by atoms with Gasteiger partial charge >= 0.3 is 0 Å². The number of nitrogens with one attached hydrogen (secondary N) is 1. The van der Waals surface area contributed by atoms with Gasteiger partial charge in [-0.1, -0.05) is 35.9 Å². The summed E-state index contributed by atoms with van der Waals surface area (Å²) in [5, 5.41) is 14.0. The van der Waals surface area contributed by atoms with Gasteiger partial charge in [0.15, 0.2) is 11.5 Å². The summed E-state index contributed by atoms with van der Waals surface area (Å²) in [6, 6.07) is 18.0. The summed E-state index contributed by atoms with van der Waals surface area (Å²) in [6.07, 6.45) is 0.315. The van der Waals surface area contributed by atoms with Crippen LogP contribution in [0.2, 0.25) is 5.02 Å². The van der Waals surface area contributed by atoms with Gasteiger partial charge in [0.05, 0.1) is 16.5 Å². The highest BCUT2D eigenvalue weighted by molar-refractivity contribution is 7.89. The molecule has 0 aromatic heterocycles. The molecule has 0 atom stereocenters.